The molecule has 0 spiro atoms. The van der Waals surface area contributed by atoms with Crippen molar-refractivity contribution < 1.29 is 4.79 Å². The fourth-order valence-electron chi connectivity index (χ4n) is 2.03. The molecule has 80 valence electrons. The third-order valence-electron chi connectivity index (χ3n) is 2.91. The van der Waals surface area contributed by atoms with Crippen molar-refractivity contribution in [1.82, 2.24) is 9.97 Å². The average molecular weight is 213 g/mol. The Morgan fingerprint density at radius 3 is 3.06 bits per heavy atom. The monoisotopic (exact) mass is 213 g/mol. The van der Waals surface area contributed by atoms with E-state index in [1.807, 2.05) is 18.2 Å². The molecule has 0 fully saturated rings. The van der Waals surface area contributed by atoms with E-state index in [2.05, 4.69) is 21.4 Å². The fraction of sp³-hybridized carbons (Fsp3) is 0.167. The highest BCUT2D eigenvalue weighted by Crippen LogP contribution is 2.35. The van der Waals surface area contributed by atoms with Crippen LogP contribution in [0.4, 0.5) is 5.95 Å². The molecule has 1 aliphatic rings. The van der Waals surface area contributed by atoms with Gasteiger partial charge in [0.2, 0.25) is 11.9 Å². The molecule has 1 aromatic heterocycles. The maximum absolute atomic E-state index is 11.9. The first-order chi connectivity index (χ1) is 7.84. The highest BCUT2D eigenvalue weighted by atomic mass is 16.2. The summed E-state index contributed by atoms with van der Waals surface area (Å²) in [4.78, 5) is 18.7. The zero-order valence-electron chi connectivity index (χ0n) is 8.60. The summed E-state index contributed by atoms with van der Waals surface area (Å²) in [6.45, 7) is 0. The number of rotatable bonds is 2. The number of nitrogens with one attached hydrogen (secondary N) is 2. The topological polar surface area (TPSA) is 57.8 Å². The van der Waals surface area contributed by atoms with Crippen LogP contribution >= 0.6 is 0 Å². The number of benzene rings is 1. The molecule has 2 N–H and O–H groups in total. The van der Waals surface area contributed by atoms with E-state index in [9.17, 15) is 4.79 Å². The highest BCUT2D eigenvalue weighted by Gasteiger charge is 2.31. The van der Waals surface area contributed by atoms with Gasteiger partial charge in [-0.3, -0.25) is 10.1 Å². The van der Waals surface area contributed by atoms with Crippen LogP contribution in [0.15, 0.2) is 36.7 Å². The number of hydrogen-bond donors (Lipinski definition) is 2. The minimum absolute atomic E-state index is 0.00801. The van der Waals surface area contributed by atoms with E-state index < -0.39 is 0 Å². The van der Waals surface area contributed by atoms with E-state index >= 15 is 0 Å². The minimum Gasteiger partial charge on any atom is -0.331 e. The molecule has 0 saturated heterocycles. The summed E-state index contributed by atoms with van der Waals surface area (Å²) in [5, 5.41) is 2.76. The molecule has 16 heavy (non-hydrogen) atoms. The lowest BCUT2D eigenvalue weighted by molar-refractivity contribution is -0.118. The molecule has 1 unspecified atom stereocenters. The SMILES string of the molecule is O=C(Nc1ncc[nH]1)C1Cc2ccccc21. The number of carbonyl (C=O) groups excluding carboxylic acids is 1. The van der Waals surface area contributed by atoms with Crippen molar-refractivity contribution in [2.45, 2.75) is 12.3 Å². The molecular weight excluding hydrogens is 202 g/mol. The molecule has 1 atom stereocenters. The van der Waals surface area contributed by atoms with E-state index in [1.165, 1.54) is 5.56 Å². The maximum Gasteiger partial charge on any atom is 0.234 e. The summed E-state index contributed by atoms with van der Waals surface area (Å²) in [6.07, 6.45) is 4.12. The Bertz CT molecular complexity index is 519. The van der Waals surface area contributed by atoms with Crippen LogP contribution in [0, 0.1) is 0 Å². The van der Waals surface area contributed by atoms with Crippen LogP contribution in [-0.2, 0) is 11.2 Å². The number of fused-ring (bicyclic) bond motifs is 1. The minimum atomic E-state index is -0.0266. The second-order valence-electron chi connectivity index (χ2n) is 3.88. The molecule has 4 heteroatoms. The average Bonchev–Trinajstić information content (AvgIpc) is 2.72. The Morgan fingerprint density at radius 1 is 1.44 bits per heavy atom. The first-order valence-corrected chi connectivity index (χ1v) is 5.22. The lowest BCUT2D eigenvalue weighted by Crippen LogP contribution is -2.30. The van der Waals surface area contributed by atoms with Gasteiger partial charge in [0.25, 0.3) is 0 Å². The number of anilines is 1. The Balaban J connectivity index is 1.75. The number of aromatic nitrogens is 2. The summed E-state index contributed by atoms with van der Waals surface area (Å²) in [5.74, 6) is 0.490. The van der Waals surface area contributed by atoms with Crippen LogP contribution in [0.3, 0.4) is 0 Å². The number of amides is 1. The van der Waals surface area contributed by atoms with Crippen LogP contribution in [0.1, 0.15) is 17.0 Å². The lowest BCUT2D eigenvalue weighted by atomic mass is 9.77. The zero-order valence-corrected chi connectivity index (χ0v) is 8.60. The molecule has 3 rings (SSSR count). The van der Waals surface area contributed by atoms with Crippen molar-refractivity contribution in [1.29, 1.82) is 0 Å². The largest absolute Gasteiger partial charge is 0.331 e. The molecule has 1 heterocycles. The van der Waals surface area contributed by atoms with Gasteiger partial charge in [-0.05, 0) is 17.5 Å². The van der Waals surface area contributed by atoms with E-state index in [4.69, 9.17) is 0 Å². The van der Waals surface area contributed by atoms with Gasteiger partial charge in [0.15, 0.2) is 0 Å². The molecule has 0 saturated carbocycles. The van der Waals surface area contributed by atoms with Gasteiger partial charge in [-0.25, -0.2) is 4.98 Å². The van der Waals surface area contributed by atoms with Gasteiger partial charge in [-0.15, -0.1) is 0 Å². The van der Waals surface area contributed by atoms with Crippen molar-refractivity contribution in [3.05, 3.63) is 47.8 Å². The molecule has 1 aliphatic carbocycles. The zero-order chi connectivity index (χ0) is 11.0. The molecule has 0 bridgehead atoms. The molecule has 2 aromatic rings. The Kier molecular flexibility index (Phi) is 1.99. The molecule has 0 aliphatic heterocycles. The van der Waals surface area contributed by atoms with Gasteiger partial charge >= 0.3 is 0 Å². The maximum atomic E-state index is 11.9. The second-order valence-corrected chi connectivity index (χ2v) is 3.88. The van der Waals surface area contributed by atoms with Crippen molar-refractivity contribution in [3.63, 3.8) is 0 Å². The molecule has 1 aromatic carbocycles. The van der Waals surface area contributed by atoms with Gasteiger partial charge < -0.3 is 4.98 Å². The summed E-state index contributed by atoms with van der Waals surface area (Å²) >= 11 is 0. The molecule has 0 radical (unpaired) electrons. The molecule has 4 nitrogen and oxygen atoms in total. The highest BCUT2D eigenvalue weighted by molar-refractivity contribution is 5.96. The smallest absolute Gasteiger partial charge is 0.234 e. The third kappa shape index (κ3) is 1.39. The summed E-state index contributed by atoms with van der Waals surface area (Å²) in [7, 11) is 0. The second kappa shape index (κ2) is 3.48. The van der Waals surface area contributed by atoms with Gasteiger partial charge in [-0.2, -0.15) is 0 Å². The first kappa shape index (κ1) is 9.15. The van der Waals surface area contributed by atoms with E-state index in [0.717, 1.165) is 12.0 Å². The standard InChI is InChI=1S/C12H11N3O/c16-11(15-12-13-5-6-14-12)10-7-8-3-1-2-4-9(8)10/h1-6,10H,7H2,(H2,13,14,15,16). The van der Waals surface area contributed by atoms with Crippen molar-refractivity contribution in [3.8, 4) is 0 Å². The van der Waals surface area contributed by atoms with Gasteiger partial charge in [0.1, 0.15) is 0 Å². The Morgan fingerprint density at radius 2 is 2.31 bits per heavy atom. The lowest BCUT2D eigenvalue weighted by Gasteiger charge is -2.28. The van der Waals surface area contributed by atoms with Crippen molar-refractivity contribution >= 4 is 11.9 Å². The quantitative estimate of drug-likeness (QED) is 0.797. The first-order valence-electron chi connectivity index (χ1n) is 5.22. The van der Waals surface area contributed by atoms with E-state index in [0.29, 0.717) is 5.95 Å². The van der Waals surface area contributed by atoms with Crippen LogP contribution in [0.2, 0.25) is 0 Å². The fourth-order valence-corrected chi connectivity index (χ4v) is 2.03. The van der Waals surface area contributed by atoms with Crippen molar-refractivity contribution in [2.24, 2.45) is 0 Å². The number of nitrogens with zero attached hydrogens (tertiary/aromatic N) is 1. The number of aromatic amines is 1. The summed E-state index contributed by atoms with van der Waals surface area (Å²) in [6, 6.07) is 8.03. The number of imidazole rings is 1. The summed E-state index contributed by atoms with van der Waals surface area (Å²) in [5.41, 5.74) is 2.40. The van der Waals surface area contributed by atoms with E-state index in [1.54, 1.807) is 12.4 Å². The number of hydrogen-bond acceptors (Lipinski definition) is 2. The summed E-state index contributed by atoms with van der Waals surface area (Å²) < 4.78 is 0. The van der Waals surface area contributed by atoms with Gasteiger partial charge in [0.05, 0.1) is 5.92 Å². The Hall–Kier alpha value is -2.10. The molecular formula is C12H11N3O. The van der Waals surface area contributed by atoms with Crippen LogP contribution < -0.4 is 5.32 Å². The number of carbonyl (C=O) groups is 1. The van der Waals surface area contributed by atoms with Crippen LogP contribution in [-0.4, -0.2) is 15.9 Å². The third-order valence-corrected chi connectivity index (χ3v) is 2.91. The van der Waals surface area contributed by atoms with E-state index in [-0.39, 0.29) is 11.8 Å². The van der Waals surface area contributed by atoms with Gasteiger partial charge in [-0.1, -0.05) is 24.3 Å². The normalized spacial score (nSPS) is 17.4. The predicted octanol–water partition coefficient (Wildman–Crippen LogP) is 1.69. The van der Waals surface area contributed by atoms with Crippen LogP contribution in [0.25, 0.3) is 0 Å². The predicted molar refractivity (Wildman–Crippen MR) is 60.1 cm³/mol. The van der Waals surface area contributed by atoms with Crippen molar-refractivity contribution in [2.75, 3.05) is 5.32 Å². The molecule has 1 amide bonds. The Labute approximate surface area is 92.7 Å². The number of H-pyrrole nitrogens is 1. The van der Waals surface area contributed by atoms with Crippen LogP contribution in [0.5, 0.6) is 0 Å². The van der Waals surface area contributed by atoms with Gasteiger partial charge in [0, 0.05) is 12.4 Å².